The van der Waals surface area contributed by atoms with Gasteiger partial charge in [-0.1, -0.05) is 12.1 Å². The predicted molar refractivity (Wildman–Crippen MR) is 123 cm³/mol. The number of epoxide rings is 4. The number of nitrogen functional groups attached to an aromatic ring is 2. The van der Waals surface area contributed by atoms with Crippen LogP contribution in [0.5, 0.6) is 11.5 Å². The van der Waals surface area contributed by atoms with E-state index in [-0.39, 0.29) is 29.8 Å². The molecule has 8 nitrogen and oxygen atoms in total. The number of para-hydroxylation sites is 2. The van der Waals surface area contributed by atoms with E-state index in [0.717, 1.165) is 69.7 Å². The highest BCUT2D eigenvalue weighted by Gasteiger charge is 2.35. The first kappa shape index (κ1) is 22.3. The predicted octanol–water partition coefficient (Wildman–Crippen LogP) is 2.10. The number of ether oxygens (including phenoxy) is 4. The summed E-state index contributed by atoms with van der Waals surface area (Å²) in [6.45, 7) is 3.22. The van der Waals surface area contributed by atoms with Crippen LogP contribution in [0.15, 0.2) is 24.3 Å². The third-order valence-electron chi connectivity index (χ3n) is 6.52. The number of aromatic hydroxyl groups is 2. The van der Waals surface area contributed by atoms with E-state index >= 15 is 0 Å². The highest BCUT2D eigenvalue weighted by atomic mass is 16.6. The summed E-state index contributed by atoms with van der Waals surface area (Å²) in [6, 6.07) is 6.70. The molecule has 4 unspecified atom stereocenters. The number of hydrogen-bond acceptors (Lipinski definition) is 8. The fraction of sp³-hybridized carbons (Fsp3) is 0.520. The van der Waals surface area contributed by atoms with Crippen molar-refractivity contribution >= 4 is 11.4 Å². The van der Waals surface area contributed by atoms with Crippen LogP contribution in [-0.2, 0) is 44.6 Å². The van der Waals surface area contributed by atoms with Gasteiger partial charge in [-0.25, -0.2) is 0 Å². The fourth-order valence-electron chi connectivity index (χ4n) is 4.24. The van der Waals surface area contributed by atoms with Crippen molar-refractivity contribution in [3.05, 3.63) is 46.5 Å². The van der Waals surface area contributed by atoms with Gasteiger partial charge in [0.1, 0.15) is 11.5 Å². The van der Waals surface area contributed by atoms with Gasteiger partial charge in [-0.3, -0.25) is 0 Å². The Morgan fingerprint density at radius 1 is 0.697 bits per heavy atom. The van der Waals surface area contributed by atoms with Crippen molar-refractivity contribution in [1.82, 2.24) is 0 Å². The summed E-state index contributed by atoms with van der Waals surface area (Å²) in [4.78, 5) is 0. The standard InChI is InChI=1S/C19H25NO5.C6H7NO/c20-18-14(2-1-10-6-22-10)15(3-11-7-23-11)16(4-12-8-24-12)17(19(18)21)5-13-9-25-13;7-5-3-1-2-4-6(5)8/h10-13,21H,1-9,20H2;1-4,8H,7H2. The maximum atomic E-state index is 10.8. The minimum Gasteiger partial charge on any atom is -0.506 e. The minimum absolute atomic E-state index is 0.146. The van der Waals surface area contributed by atoms with Crippen LogP contribution in [0.4, 0.5) is 11.4 Å². The van der Waals surface area contributed by atoms with E-state index in [4.69, 9.17) is 35.5 Å². The van der Waals surface area contributed by atoms with Crippen molar-refractivity contribution in [3.63, 3.8) is 0 Å². The minimum atomic E-state index is 0.146. The lowest BCUT2D eigenvalue weighted by molar-refractivity contribution is 0.390. The third kappa shape index (κ3) is 5.89. The molecule has 6 rings (SSSR count). The molecular weight excluding hydrogens is 424 g/mol. The number of phenolic OH excluding ortho intramolecular Hbond substituents is 2. The van der Waals surface area contributed by atoms with Crippen molar-refractivity contribution in [1.29, 1.82) is 0 Å². The van der Waals surface area contributed by atoms with Gasteiger partial charge < -0.3 is 40.6 Å². The zero-order chi connectivity index (χ0) is 22.9. The van der Waals surface area contributed by atoms with Crippen molar-refractivity contribution in [3.8, 4) is 11.5 Å². The average Bonchev–Trinajstić information content (AvgIpc) is 3.63. The summed E-state index contributed by atoms with van der Waals surface area (Å²) in [7, 11) is 0. The molecule has 0 saturated carbocycles. The second-order valence-corrected chi connectivity index (χ2v) is 9.21. The summed E-state index contributed by atoms with van der Waals surface area (Å²) in [5.74, 6) is 0.394. The van der Waals surface area contributed by atoms with E-state index in [1.165, 1.54) is 11.1 Å². The molecule has 4 aliphatic heterocycles. The van der Waals surface area contributed by atoms with Gasteiger partial charge in [0.05, 0.1) is 62.2 Å². The lowest BCUT2D eigenvalue weighted by Gasteiger charge is -2.22. The van der Waals surface area contributed by atoms with Gasteiger partial charge in [0, 0.05) is 24.8 Å². The second kappa shape index (κ2) is 9.38. The van der Waals surface area contributed by atoms with Crippen LogP contribution in [0.2, 0.25) is 0 Å². The van der Waals surface area contributed by atoms with Gasteiger partial charge in [-0.15, -0.1) is 0 Å². The summed E-state index contributed by atoms with van der Waals surface area (Å²) in [5.41, 5.74) is 17.1. The molecule has 8 heteroatoms. The monoisotopic (exact) mass is 456 g/mol. The largest absolute Gasteiger partial charge is 0.506 e. The molecule has 0 amide bonds. The van der Waals surface area contributed by atoms with E-state index < -0.39 is 0 Å². The molecule has 4 atom stereocenters. The first-order chi connectivity index (χ1) is 16.0. The Labute approximate surface area is 193 Å². The Morgan fingerprint density at radius 3 is 1.64 bits per heavy atom. The number of rotatable bonds is 9. The van der Waals surface area contributed by atoms with Gasteiger partial charge in [-0.2, -0.15) is 0 Å². The van der Waals surface area contributed by atoms with E-state index in [1.54, 1.807) is 24.3 Å². The zero-order valence-electron chi connectivity index (χ0n) is 18.7. The lowest BCUT2D eigenvalue weighted by Crippen LogP contribution is -2.15. The summed E-state index contributed by atoms with van der Waals surface area (Å²) in [5, 5.41) is 19.6. The zero-order valence-corrected chi connectivity index (χ0v) is 18.7. The normalized spacial score (nSPS) is 26.3. The Morgan fingerprint density at radius 2 is 1.18 bits per heavy atom. The lowest BCUT2D eigenvalue weighted by atomic mass is 9.85. The number of hydrogen-bond donors (Lipinski definition) is 4. The number of nitrogens with two attached hydrogens (primary N) is 2. The molecule has 4 aliphatic rings. The SMILES string of the molecule is Nc1c(O)c(CC2CO2)c(CC2CO2)c(CC2CO2)c1CCC1CO1.Nc1ccccc1O. The summed E-state index contributed by atoms with van der Waals surface area (Å²) >= 11 is 0. The van der Waals surface area contributed by atoms with Crippen molar-refractivity contribution in [2.24, 2.45) is 0 Å². The average molecular weight is 457 g/mol. The molecule has 4 fully saturated rings. The van der Waals surface area contributed by atoms with Crippen molar-refractivity contribution in [2.45, 2.75) is 56.5 Å². The quantitative estimate of drug-likeness (QED) is 0.255. The molecule has 4 heterocycles. The highest BCUT2D eigenvalue weighted by molar-refractivity contribution is 5.68. The molecular formula is C25H32N2O6. The molecule has 2 aromatic rings. The smallest absolute Gasteiger partial charge is 0.142 e. The molecule has 6 N–H and O–H groups in total. The molecule has 0 bridgehead atoms. The van der Waals surface area contributed by atoms with Crippen LogP contribution in [-0.4, -0.2) is 61.1 Å². The summed E-state index contributed by atoms with van der Waals surface area (Å²) in [6.07, 6.45) is 5.32. The van der Waals surface area contributed by atoms with Gasteiger partial charge in [-0.05, 0) is 41.7 Å². The van der Waals surface area contributed by atoms with Crippen LogP contribution in [0, 0.1) is 0 Å². The second-order valence-electron chi connectivity index (χ2n) is 9.21. The fourth-order valence-corrected chi connectivity index (χ4v) is 4.24. The number of phenols is 2. The first-order valence-corrected chi connectivity index (χ1v) is 11.6. The Kier molecular flexibility index (Phi) is 6.34. The van der Waals surface area contributed by atoms with Gasteiger partial charge in [0.2, 0.25) is 0 Å². The Balaban J connectivity index is 0.000000243. The van der Waals surface area contributed by atoms with Crippen LogP contribution < -0.4 is 11.5 Å². The molecule has 0 radical (unpaired) electrons. The van der Waals surface area contributed by atoms with E-state index in [2.05, 4.69) is 0 Å². The van der Waals surface area contributed by atoms with Crippen LogP contribution in [0.1, 0.15) is 28.7 Å². The third-order valence-corrected chi connectivity index (χ3v) is 6.52. The Bertz CT molecular complexity index is 976. The maximum Gasteiger partial charge on any atom is 0.142 e. The van der Waals surface area contributed by atoms with Crippen LogP contribution in [0.25, 0.3) is 0 Å². The van der Waals surface area contributed by atoms with Gasteiger partial charge >= 0.3 is 0 Å². The molecule has 0 aromatic heterocycles. The van der Waals surface area contributed by atoms with Gasteiger partial charge in [0.15, 0.2) is 0 Å². The topological polar surface area (TPSA) is 143 Å². The van der Waals surface area contributed by atoms with E-state index in [1.807, 2.05) is 0 Å². The van der Waals surface area contributed by atoms with Crippen LogP contribution in [0.3, 0.4) is 0 Å². The molecule has 33 heavy (non-hydrogen) atoms. The number of anilines is 2. The van der Waals surface area contributed by atoms with Crippen molar-refractivity contribution < 1.29 is 29.2 Å². The maximum absolute atomic E-state index is 10.8. The van der Waals surface area contributed by atoms with Crippen LogP contribution >= 0.6 is 0 Å². The first-order valence-electron chi connectivity index (χ1n) is 11.6. The van der Waals surface area contributed by atoms with Crippen molar-refractivity contribution in [2.75, 3.05) is 37.9 Å². The molecule has 0 spiro atoms. The number of benzene rings is 2. The van der Waals surface area contributed by atoms with E-state index in [9.17, 15) is 5.11 Å². The molecule has 2 aromatic carbocycles. The summed E-state index contributed by atoms with van der Waals surface area (Å²) < 4.78 is 21.8. The van der Waals surface area contributed by atoms with E-state index in [0.29, 0.717) is 17.5 Å². The Hall–Kier alpha value is -2.52. The van der Waals surface area contributed by atoms with Gasteiger partial charge in [0.25, 0.3) is 0 Å². The highest BCUT2D eigenvalue weighted by Crippen LogP contribution is 2.41. The molecule has 0 aliphatic carbocycles. The molecule has 4 saturated heterocycles. The molecule has 178 valence electrons.